The van der Waals surface area contributed by atoms with Gasteiger partial charge in [0.1, 0.15) is 10.8 Å². The van der Waals surface area contributed by atoms with Gasteiger partial charge in [-0.2, -0.15) is 18.4 Å². The molecular weight excluding hydrogens is 241 g/mol. The first kappa shape index (κ1) is 15.6. The van der Waals surface area contributed by atoms with Crippen LogP contribution in [-0.4, -0.2) is 21.5 Å². The van der Waals surface area contributed by atoms with Crippen molar-refractivity contribution in [1.29, 1.82) is 5.26 Å². The van der Waals surface area contributed by atoms with E-state index in [1.165, 1.54) is 0 Å². The van der Waals surface area contributed by atoms with Crippen molar-refractivity contribution >= 4 is 11.4 Å². The minimum absolute atomic E-state index is 0.224. The first-order chi connectivity index (χ1) is 7.09. The SMILES string of the molecule is CC(C)(C)[S@@+]([O-])N[C@@H](CCC#N)C(F)(F)F. The van der Waals surface area contributed by atoms with Gasteiger partial charge in [-0.3, -0.25) is 0 Å². The molecule has 0 aliphatic heterocycles. The maximum absolute atomic E-state index is 12.5. The minimum atomic E-state index is -4.49. The second-order valence-corrected chi connectivity index (χ2v) is 6.29. The summed E-state index contributed by atoms with van der Waals surface area (Å²) in [5.41, 5.74) is 0. The van der Waals surface area contributed by atoms with E-state index in [1.54, 1.807) is 26.8 Å². The third kappa shape index (κ3) is 5.58. The highest BCUT2D eigenvalue weighted by atomic mass is 32.2. The third-order valence-corrected chi connectivity index (χ3v) is 3.36. The summed E-state index contributed by atoms with van der Waals surface area (Å²) in [5, 5.41) is 8.25. The second kappa shape index (κ2) is 5.75. The third-order valence-electron chi connectivity index (χ3n) is 1.75. The van der Waals surface area contributed by atoms with Crippen LogP contribution in [-0.2, 0) is 11.4 Å². The Morgan fingerprint density at radius 2 is 1.88 bits per heavy atom. The van der Waals surface area contributed by atoms with Gasteiger partial charge in [0.05, 0.1) is 6.07 Å². The summed E-state index contributed by atoms with van der Waals surface area (Å²) in [6.45, 7) is 4.73. The summed E-state index contributed by atoms with van der Waals surface area (Å²) in [6, 6.07) is -0.253. The smallest absolute Gasteiger partial charge is 0.408 e. The van der Waals surface area contributed by atoms with Crippen molar-refractivity contribution in [1.82, 2.24) is 4.72 Å². The van der Waals surface area contributed by atoms with Gasteiger partial charge in [0.25, 0.3) is 0 Å². The quantitative estimate of drug-likeness (QED) is 0.785. The average molecular weight is 256 g/mol. The van der Waals surface area contributed by atoms with Crippen LogP contribution in [0, 0.1) is 11.3 Å². The van der Waals surface area contributed by atoms with E-state index in [-0.39, 0.29) is 12.8 Å². The van der Waals surface area contributed by atoms with Gasteiger partial charge < -0.3 is 4.55 Å². The molecule has 3 nitrogen and oxygen atoms in total. The molecule has 0 rings (SSSR count). The number of nitriles is 1. The van der Waals surface area contributed by atoms with E-state index in [1.807, 2.05) is 4.72 Å². The minimum Gasteiger partial charge on any atom is -0.598 e. The Balaban J connectivity index is 4.51. The van der Waals surface area contributed by atoms with Crippen molar-refractivity contribution in [2.75, 3.05) is 0 Å². The average Bonchev–Trinajstić information content (AvgIpc) is 2.08. The molecule has 0 fully saturated rings. The van der Waals surface area contributed by atoms with Crippen LogP contribution in [0.3, 0.4) is 0 Å². The number of nitrogens with one attached hydrogen (secondary N) is 1. The number of nitrogens with zero attached hydrogens (tertiary/aromatic N) is 1. The molecule has 1 N–H and O–H groups in total. The lowest BCUT2D eigenvalue weighted by Gasteiger charge is -2.28. The highest BCUT2D eigenvalue weighted by molar-refractivity contribution is 7.90. The molecule has 0 aromatic rings. The molecule has 0 amide bonds. The zero-order valence-electron chi connectivity index (χ0n) is 9.39. The Kier molecular flexibility index (Phi) is 5.59. The number of hydrogen-bond donors (Lipinski definition) is 1. The number of alkyl halides is 3. The molecule has 0 heterocycles. The lowest BCUT2D eigenvalue weighted by Crippen LogP contribution is -2.50. The van der Waals surface area contributed by atoms with Gasteiger partial charge in [-0.05, 0) is 27.2 Å². The molecule has 2 atom stereocenters. The fourth-order valence-electron chi connectivity index (χ4n) is 0.804. The van der Waals surface area contributed by atoms with Crippen LogP contribution in [0.5, 0.6) is 0 Å². The monoisotopic (exact) mass is 256 g/mol. The Labute approximate surface area is 96.3 Å². The Bertz CT molecular complexity index is 257. The fourth-order valence-corrected chi connectivity index (χ4v) is 1.67. The fraction of sp³-hybridized carbons (Fsp3) is 0.889. The van der Waals surface area contributed by atoms with Crippen molar-refractivity contribution < 1.29 is 17.7 Å². The maximum atomic E-state index is 12.5. The van der Waals surface area contributed by atoms with E-state index in [4.69, 9.17) is 5.26 Å². The van der Waals surface area contributed by atoms with E-state index in [0.29, 0.717) is 0 Å². The van der Waals surface area contributed by atoms with Crippen LogP contribution >= 0.6 is 0 Å². The summed E-state index contributed by atoms with van der Waals surface area (Å²) in [6.07, 6.45) is -5.10. The Morgan fingerprint density at radius 1 is 1.38 bits per heavy atom. The van der Waals surface area contributed by atoms with Gasteiger partial charge >= 0.3 is 6.18 Å². The zero-order valence-corrected chi connectivity index (χ0v) is 10.2. The van der Waals surface area contributed by atoms with Crippen LogP contribution in [0.1, 0.15) is 33.6 Å². The molecule has 0 spiro atoms. The largest absolute Gasteiger partial charge is 0.598 e. The summed E-state index contributed by atoms with van der Waals surface area (Å²) in [5.74, 6) is 0. The molecule has 0 saturated carbocycles. The van der Waals surface area contributed by atoms with Crippen LogP contribution in [0.15, 0.2) is 0 Å². The Hall–Kier alpha value is -0.450. The first-order valence-electron chi connectivity index (χ1n) is 4.70. The Morgan fingerprint density at radius 3 is 2.19 bits per heavy atom. The van der Waals surface area contributed by atoms with Crippen LogP contribution < -0.4 is 4.72 Å². The normalized spacial score (nSPS) is 16.6. The highest BCUT2D eigenvalue weighted by Crippen LogP contribution is 2.26. The molecule has 7 heteroatoms. The summed E-state index contributed by atoms with van der Waals surface area (Å²) in [7, 11) is 0. The predicted octanol–water partition coefficient (Wildman–Crippen LogP) is 2.27. The van der Waals surface area contributed by atoms with E-state index in [9.17, 15) is 17.7 Å². The molecule has 0 aliphatic carbocycles. The molecule has 94 valence electrons. The first-order valence-corrected chi connectivity index (χ1v) is 5.85. The van der Waals surface area contributed by atoms with Gasteiger partial charge in [-0.25, -0.2) is 0 Å². The second-order valence-electron chi connectivity index (χ2n) is 4.29. The van der Waals surface area contributed by atoms with Crippen molar-refractivity contribution in [2.45, 2.75) is 50.6 Å². The lowest BCUT2D eigenvalue weighted by atomic mass is 10.2. The predicted molar refractivity (Wildman–Crippen MR) is 55.7 cm³/mol. The van der Waals surface area contributed by atoms with E-state index >= 15 is 0 Å². The van der Waals surface area contributed by atoms with Gasteiger partial charge in [0.15, 0.2) is 0 Å². The van der Waals surface area contributed by atoms with Crippen LogP contribution in [0.2, 0.25) is 0 Å². The van der Waals surface area contributed by atoms with Crippen molar-refractivity contribution in [3.63, 3.8) is 0 Å². The molecule has 0 bridgehead atoms. The van der Waals surface area contributed by atoms with Gasteiger partial charge in [0.2, 0.25) is 0 Å². The molecule has 0 aliphatic rings. The van der Waals surface area contributed by atoms with E-state index in [0.717, 1.165) is 0 Å². The molecule has 0 aromatic carbocycles. The lowest BCUT2D eigenvalue weighted by molar-refractivity contribution is -0.152. The molecule has 0 radical (unpaired) electrons. The van der Waals surface area contributed by atoms with Crippen LogP contribution in [0.25, 0.3) is 0 Å². The molecule has 0 aromatic heterocycles. The van der Waals surface area contributed by atoms with Crippen molar-refractivity contribution in [2.24, 2.45) is 0 Å². The molecular formula is C9H15F3N2OS. The standard InChI is InChI=1S/C9H15F3N2OS/c1-8(2,3)16(15)14-7(5-4-6-13)9(10,11)12/h7,14H,4-5H2,1-3H3/t7-,16+/m0/s1. The summed E-state index contributed by atoms with van der Waals surface area (Å²) < 4.78 is 50.2. The molecule has 16 heavy (non-hydrogen) atoms. The molecule has 0 unspecified atom stereocenters. The topological polar surface area (TPSA) is 58.9 Å². The summed E-state index contributed by atoms with van der Waals surface area (Å²) >= 11 is -1.80. The number of halogens is 3. The zero-order chi connectivity index (χ0) is 13.0. The number of hydrogen-bond acceptors (Lipinski definition) is 3. The van der Waals surface area contributed by atoms with Gasteiger partial charge in [0, 0.05) is 17.8 Å². The van der Waals surface area contributed by atoms with E-state index < -0.39 is 28.3 Å². The van der Waals surface area contributed by atoms with Gasteiger partial charge in [-0.15, -0.1) is 4.72 Å². The maximum Gasteiger partial charge on any atom is 0.408 e. The van der Waals surface area contributed by atoms with E-state index in [2.05, 4.69) is 0 Å². The highest BCUT2D eigenvalue weighted by Gasteiger charge is 2.44. The summed E-state index contributed by atoms with van der Waals surface area (Å²) in [4.78, 5) is 0. The van der Waals surface area contributed by atoms with Crippen molar-refractivity contribution in [3.05, 3.63) is 0 Å². The number of rotatable bonds is 4. The van der Waals surface area contributed by atoms with Crippen molar-refractivity contribution in [3.8, 4) is 6.07 Å². The van der Waals surface area contributed by atoms with Gasteiger partial charge in [-0.1, -0.05) is 0 Å². The van der Waals surface area contributed by atoms with Crippen LogP contribution in [0.4, 0.5) is 13.2 Å². The molecule has 0 saturated heterocycles.